The van der Waals surface area contributed by atoms with E-state index in [-0.39, 0.29) is 43.1 Å². The van der Waals surface area contributed by atoms with Crippen LogP contribution in [0.2, 0.25) is 5.02 Å². The molecule has 1 atom stereocenters. The lowest BCUT2D eigenvalue weighted by molar-refractivity contribution is 0.0861. The average Bonchev–Trinajstić information content (AvgIpc) is 2.86. The van der Waals surface area contributed by atoms with E-state index < -0.39 is 0 Å². The van der Waals surface area contributed by atoms with Crippen molar-refractivity contribution >= 4 is 36.4 Å². The number of halogens is 3. The third-order valence-electron chi connectivity index (χ3n) is 4.12. The van der Waals surface area contributed by atoms with E-state index in [0.717, 1.165) is 48.3 Å². The Balaban J connectivity index is 0.00000132. The Morgan fingerprint density at radius 2 is 1.65 bits per heavy atom. The SMILES string of the molecule is CC(C)(C)[C@@H](c1cc2c(cc1Cl)OCO2)N1CCNCC1.Cl.Cl. The number of fused-ring (bicyclic) bond motifs is 1. The summed E-state index contributed by atoms with van der Waals surface area (Å²) >= 11 is 6.55. The molecule has 2 aliphatic rings. The molecule has 23 heavy (non-hydrogen) atoms. The molecule has 2 heterocycles. The second kappa shape index (κ2) is 8.13. The molecule has 2 aliphatic heterocycles. The summed E-state index contributed by atoms with van der Waals surface area (Å²) in [5.41, 5.74) is 1.23. The van der Waals surface area contributed by atoms with Crippen molar-refractivity contribution in [3.63, 3.8) is 0 Å². The maximum absolute atomic E-state index is 6.55. The molecule has 0 unspecified atom stereocenters. The summed E-state index contributed by atoms with van der Waals surface area (Å²) in [5, 5.41) is 4.17. The van der Waals surface area contributed by atoms with Crippen molar-refractivity contribution in [2.75, 3.05) is 33.0 Å². The second-order valence-electron chi connectivity index (χ2n) is 6.78. The molecule has 0 amide bonds. The van der Waals surface area contributed by atoms with Crippen LogP contribution in [0.3, 0.4) is 0 Å². The Morgan fingerprint density at radius 1 is 1.09 bits per heavy atom. The standard InChI is InChI=1S/C16H23ClN2O2.2ClH/c1-16(2,3)15(19-6-4-18-5-7-19)11-8-13-14(9-12(11)17)21-10-20-13;;/h8-9,15,18H,4-7,10H2,1-3H3;2*1H/t15-;;/m1../s1. The van der Waals surface area contributed by atoms with E-state index in [1.54, 1.807) is 0 Å². The Kier molecular flexibility index (Phi) is 7.30. The van der Waals surface area contributed by atoms with Crippen LogP contribution < -0.4 is 14.8 Å². The molecule has 1 N–H and O–H groups in total. The molecule has 1 aromatic rings. The average molecular weight is 384 g/mol. The van der Waals surface area contributed by atoms with Gasteiger partial charge in [0.1, 0.15) is 0 Å². The number of hydrogen-bond acceptors (Lipinski definition) is 4. The lowest BCUT2D eigenvalue weighted by Gasteiger charge is -2.43. The molecular weight excluding hydrogens is 359 g/mol. The predicted octanol–water partition coefficient (Wildman–Crippen LogP) is 3.90. The molecule has 0 spiro atoms. The van der Waals surface area contributed by atoms with Crippen LogP contribution in [0.4, 0.5) is 0 Å². The zero-order chi connectivity index (χ0) is 15.0. The van der Waals surface area contributed by atoms with Crippen molar-refractivity contribution in [1.82, 2.24) is 10.2 Å². The zero-order valence-corrected chi connectivity index (χ0v) is 16.1. The van der Waals surface area contributed by atoms with Crippen LogP contribution in [0.15, 0.2) is 12.1 Å². The van der Waals surface area contributed by atoms with Crippen LogP contribution in [-0.4, -0.2) is 37.9 Å². The molecule has 1 fully saturated rings. The van der Waals surface area contributed by atoms with Gasteiger partial charge in [-0.15, -0.1) is 24.8 Å². The summed E-state index contributed by atoms with van der Waals surface area (Å²) in [6.45, 7) is 11.2. The molecular formula is C16H25Cl3N2O2. The van der Waals surface area contributed by atoms with Gasteiger partial charge in [0.2, 0.25) is 6.79 Å². The zero-order valence-electron chi connectivity index (χ0n) is 13.7. The fourth-order valence-corrected chi connectivity index (χ4v) is 3.55. The van der Waals surface area contributed by atoms with E-state index in [0.29, 0.717) is 0 Å². The van der Waals surface area contributed by atoms with Crippen LogP contribution >= 0.6 is 36.4 Å². The maximum atomic E-state index is 6.55. The number of piperazine rings is 1. The van der Waals surface area contributed by atoms with E-state index in [9.17, 15) is 0 Å². The summed E-state index contributed by atoms with van der Waals surface area (Å²) in [7, 11) is 0. The Bertz CT molecular complexity index is 529. The van der Waals surface area contributed by atoms with Crippen molar-refractivity contribution in [2.24, 2.45) is 5.41 Å². The maximum Gasteiger partial charge on any atom is 0.231 e. The van der Waals surface area contributed by atoms with Gasteiger partial charge in [-0.25, -0.2) is 0 Å². The summed E-state index contributed by atoms with van der Waals surface area (Å²) in [5.74, 6) is 1.55. The first-order chi connectivity index (χ1) is 9.97. The topological polar surface area (TPSA) is 33.7 Å². The lowest BCUT2D eigenvalue weighted by atomic mass is 9.80. The van der Waals surface area contributed by atoms with Gasteiger partial charge in [0, 0.05) is 43.3 Å². The van der Waals surface area contributed by atoms with Crippen LogP contribution in [0.1, 0.15) is 32.4 Å². The van der Waals surface area contributed by atoms with E-state index in [4.69, 9.17) is 21.1 Å². The largest absolute Gasteiger partial charge is 0.454 e. The van der Waals surface area contributed by atoms with Gasteiger partial charge in [0.25, 0.3) is 0 Å². The number of nitrogens with one attached hydrogen (secondary N) is 1. The highest BCUT2D eigenvalue weighted by molar-refractivity contribution is 6.31. The van der Waals surface area contributed by atoms with Crippen LogP contribution in [0, 0.1) is 5.41 Å². The molecule has 0 aromatic heterocycles. The van der Waals surface area contributed by atoms with E-state index >= 15 is 0 Å². The van der Waals surface area contributed by atoms with Crippen molar-refractivity contribution in [1.29, 1.82) is 0 Å². The number of rotatable bonds is 2. The van der Waals surface area contributed by atoms with Crippen LogP contribution in [0.5, 0.6) is 11.5 Å². The summed E-state index contributed by atoms with van der Waals surface area (Å²) in [4.78, 5) is 2.51. The summed E-state index contributed by atoms with van der Waals surface area (Å²) in [6, 6.07) is 4.21. The van der Waals surface area contributed by atoms with Crippen molar-refractivity contribution in [3.05, 3.63) is 22.7 Å². The molecule has 0 radical (unpaired) electrons. The van der Waals surface area contributed by atoms with Gasteiger partial charge in [0.15, 0.2) is 11.5 Å². The molecule has 3 rings (SSSR count). The number of hydrogen-bond donors (Lipinski definition) is 1. The van der Waals surface area contributed by atoms with Gasteiger partial charge in [-0.05, 0) is 17.0 Å². The lowest BCUT2D eigenvalue weighted by Crippen LogP contribution is -2.48. The number of nitrogens with zero attached hydrogens (tertiary/aromatic N) is 1. The number of benzene rings is 1. The van der Waals surface area contributed by atoms with Gasteiger partial charge < -0.3 is 14.8 Å². The summed E-state index contributed by atoms with van der Waals surface area (Å²) in [6.07, 6.45) is 0. The molecule has 132 valence electrons. The molecule has 1 saturated heterocycles. The second-order valence-corrected chi connectivity index (χ2v) is 7.19. The van der Waals surface area contributed by atoms with Gasteiger partial charge in [-0.3, -0.25) is 4.90 Å². The molecule has 0 bridgehead atoms. The van der Waals surface area contributed by atoms with E-state index in [1.165, 1.54) is 0 Å². The van der Waals surface area contributed by atoms with Crippen LogP contribution in [0.25, 0.3) is 0 Å². The summed E-state index contributed by atoms with van der Waals surface area (Å²) < 4.78 is 10.9. The van der Waals surface area contributed by atoms with Gasteiger partial charge in [0.05, 0.1) is 0 Å². The van der Waals surface area contributed by atoms with Gasteiger partial charge in [-0.2, -0.15) is 0 Å². The van der Waals surface area contributed by atoms with Crippen LogP contribution in [-0.2, 0) is 0 Å². The molecule has 0 aliphatic carbocycles. The minimum Gasteiger partial charge on any atom is -0.454 e. The van der Waals surface area contributed by atoms with E-state index in [1.807, 2.05) is 6.07 Å². The highest BCUT2D eigenvalue weighted by Gasteiger charge is 2.35. The fraction of sp³-hybridized carbons (Fsp3) is 0.625. The predicted molar refractivity (Wildman–Crippen MR) is 98.7 cm³/mol. The molecule has 7 heteroatoms. The Morgan fingerprint density at radius 3 is 2.22 bits per heavy atom. The minimum atomic E-state index is 0. The highest BCUT2D eigenvalue weighted by Crippen LogP contribution is 2.45. The first-order valence-corrected chi connectivity index (χ1v) is 7.88. The van der Waals surface area contributed by atoms with Crippen molar-refractivity contribution < 1.29 is 9.47 Å². The van der Waals surface area contributed by atoms with Gasteiger partial charge in [-0.1, -0.05) is 32.4 Å². The van der Waals surface area contributed by atoms with Crippen molar-refractivity contribution in [3.8, 4) is 11.5 Å². The first-order valence-electron chi connectivity index (χ1n) is 7.50. The third kappa shape index (κ3) is 4.37. The van der Waals surface area contributed by atoms with E-state index in [2.05, 4.69) is 37.1 Å². The Hall–Kier alpha value is -0.390. The molecule has 0 saturated carbocycles. The quantitative estimate of drug-likeness (QED) is 0.839. The minimum absolute atomic E-state index is 0. The molecule has 4 nitrogen and oxygen atoms in total. The smallest absolute Gasteiger partial charge is 0.231 e. The fourth-order valence-electron chi connectivity index (χ4n) is 3.29. The highest BCUT2D eigenvalue weighted by atomic mass is 35.5. The Labute approximate surface area is 155 Å². The first kappa shape index (κ1) is 20.7. The molecule has 1 aromatic carbocycles. The third-order valence-corrected chi connectivity index (χ3v) is 4.45. The van der Waals surface area contributed by atoms with Crippen molar-refractivity contribution in [2.45, 2.75) is 26.8 Å². The number of ether oxygens (including phenoxy) is 2. The normalized spacial score (nSPS) is 18.8. The monoisotopic (exact) mass is 382 g/mol. The van der Waals surface area contributed by atoms with Gasteiger partial charge >= 0.3 is 0 Å².